The first-order valence-electron chi connectivity index (χ1n) is 8.30. The van der Waals surface area contributed by atoms with Crippen molar-refractivity contribution in [3.8, 4) is 22.8 Å². The zero-order valence-electron chi connectivity index (χ0n) is 14.4. The number of benzene rings is 1. The van der Waals surface area contributed by atoms with Gasteiger partial charge >= 0.3 is 0 Å². The molecule has 0 spiro atoms. The number of nitrogens with zero attached hydrogens (tertiary/aromatic N) is 6. The van der Waals surface area contributed by atoms with Gasteiger partial charge in [-0.2, -0.15) is 4.98 Å². The van der Waals surface area contributed by atoms with Crippen molar-refractivity contribution >= 4 is 11.8 Å². The normalized spacial score (nSPS) is 10.8. The van der Waals surface area contributed by atoms with Gasteiger partial charge in [0.05, 0.1) is 5.75 Å². The highest BCUT2D eigenvalue weighted by atomic mass is 32.2. The minimum absolute atomic E-state index is 0.505. The van der Waals surface area contributed by atoms with Crippen LogP contribution < -0.4 is 0 Å². The molecule has 134 valence electrons. The molecule has 0 unspecified atom stereocenters. The van der Waals surface area contributed by atoms with Crippen molar-refractivity contribution in [2.75, 3.05) is 0 Å². The molecule has 8 heteroatoms. The lowest BCUT2D eigenvalue weighted by molar-refractivity contribution is 0.391. The maximum atomic E-state index is 5.36. The molecule has 4 rings (SSSR count). The van der Waals surface area contributed by atoms with Gasteiger partial charge in [-0.05, 0) is 12.1 Å². The molecule has 27 heavy (non-hydrogen) atoms. The summed E-state index contributed by atoms with van der Waals surface area (Å²) >= 11 is 1.49. The molecule has 3 aromatic heterocycles. The molecular weight excluding hydrogens is 360 g/mol. The van der Waals surface area contributed by atoms with E-state index in [1.165, 1.54) is 11.8 Å². The van der Waals surface area contributed by atoms with Crippen molar-refractivity contribution in [1.82, 2.24) is 29.9 Å². The molecule has 0 aliphatic heterocycles. The van der Waals surface area contributed by atoms with Crippen LogP contribution in [0.3, 0.4) is 0 Å². The van der Waals surface area contributed by atoms with E-state index in [1.807, 2.05) is 53.1 Å². The first-order chi connectivity index (χ1) is 13.3. The first kappa shape index (κ1) is 17.2. The third-order valence-corrected chi connectivity index (χ3v) is 4.74. The fourth-order valence-electron chi connectivity index (χ4n) is 2.55. The Bertz CT molecular complexity index is 1030. The summed E-state index contributed by atoms with van der Waals surface area (Å²) in [6.07, 6.45) is 5.29. The fraction of sp³-hybridized carbons (Fsp3) is 0.105. The number of thioether (sulfide) groups is 1. The topological polar surface area (TPSA) is 82.5 Å². The van der Waals surface area contributed by atoms with Gasteiger partial charge in [0.25, 0.3) is 0 Å². The van der Waals surface area contributed by atoms with Gasteiger partial charge in [-0.3, -0.25) is 9.55 Å². The number of hydrogen-bond acceptors (Lipinski definition) is 7. The van der Waals surface area contributed by atoms with Gasteiger partial charge in [0.15, 0.2) is 11.0 Å². The largest absolute Gasteiger partial charge is 0.338 e. The van der Waals surface area contributed by atoms with E-state index in [4.69, 9.17) is 4.52 Å². The van der Waals surface area contributed by atoms with E-state index in [0.29, 0.717) is 24.0 Å². The molecule has 0 saturated heterocycles. The molecule has 0 N–H and O–H groups in total. The van der Waals surface area contributed by atoms with Crippen molar-refractivity contribution in [1.29, 1.82) is 0 Å². The summed E-state index contributed by atoms with van der Waals surface area (Å²) in [5.41, 5.74) is 1.88. The Morgan fingerprint density at radius 3 is 2.63 bits per heavy atom. The van der Waals surface area contributed by atoms with Crippen LogP contribution >= 0.6 is 11.8 Å². The smallest absolute Gasteiger partial charge is 0.237 e. The van der Waals surface area contributed by atoms with Gasteiger partial charge in [0, 0.05) is 30.1 Å². The summed E-state index contributed by atoms with van der Waals surface area (Å²) in [7, 11) is 0. The Balaban J connectivity index is 1.53. The summed E-state index contributed by atoms with van der Waals surface area (Å²) in [6.45, 7) is 4.43. The van der Waals surface area contributed by atoms with E-state index in [9.17, 15) is 0 Å². The van der Waals surface area contributed by atoms with Gasteiger partial charge in [-0.15, -0.1) is 16.8 Å². The lowest BCUT2D eigenvalue weighted by Crippen LogP contribution is -2.00. The molecule has 0 radical (unpaired) electrons. The highest BCUT2D eigenvalue weighted by Gasteiger charge is 2.15. The van der Waals surface area contributed by atoms with E-state index in [1.54, 1.807) is 12.4 Å². The highest BCUT2D eigenvalue weighted by Crippen LogP contribution is 2.26. The average molecular weight is 376 g/mol. The number of allylic oxidation sites excluding steroid dienone is 1. The monoisotopic (exact) mass is 376 g/mol. The molecule has 1 aromatic carbocycles. The Morgan fingerprint density at radius 1 is 1.04 bits per heavy atom. The third kappa shape index (κ3) is 3.80. The first-order valence-corrected chi connectivity index (χ1v) is 9.29. The van der Waals surface area contributed by atoms with E-state index >= 15 is 0 Å². The summed E-state index contributed by atoms with van der Waals surface area (Å²) in [5.74, 6) is 2.40. The van der Waals surface area contributed by atoms with Gasteiger partial charge in [-0.1, -0.05) is 53.3 Å². The van der Waals surface area contributed by atoms with E-state index in [2.05, 4.69) is 31.9 Å². The van der Waals surface area contributed by atoms with E-state index in [-0.39, 0.29) is 0 Å². The minimum atomic E-state index is 0.505. The second kappa shape index (κ2) is 7.96. The van der Waals surface area contributed by atoms with Crippen LogP contribution in [0.5, 0.6) is 0 Å². The minimum Gasteiger partial charge on any atom is -0.338 e. The van der Waals surface area contributed by atoms with Gasteiger partial charge in [-0.25, -0.2) is 0 Å². The predicted molar refractivity (Wildman–Crippen MR) is 103 cm³/mol. The molecule has 0 saturated carbocycles. The summed E-state index contributed by atoms with van der Waals surface area (Å²) in [4.78, 5) is 8.50. The lowest BCUT2D eigenvalue weighted by atomic mass is 10.2. The van der Waals surface area contributed by atoms with Gasteiger partial charge < -0.3 is 4.52 Å². The van der Waals surface area contributed by atoms with Crippen LogP contribution in [0.15, 0.2) is 77.2 Å². The molecular formula is C19H16N6OS. The standard InChI is InChI=1S/C19H16N6OS/c1-2-12-25-18(15-8-10-20-11-9-15)22-23-19(25)27-13-16-21-17(24-26-16)14-6-4-3-5-7-14/h2-11H,1,12-13H2. The van der Waals surface area contributed by atoms with Crippen molar-refractivity contribution in [2.24, 2.45) is 0 Å². The molecule has 0 bridgehead atoms. The van der Waals surface area contributed by atoms with Crippen molar-refractivity contribution in [3.05, 3.63) is 73.4 Å². The quantitative estimate of drug-likeness (QED) is 0.358. The SMILES string of the molecule is C=CCn1c(SCc2nc(-c3ccccc3)no2)nnc1-c1ccncc1. The maximum absolute atomic E-state index is 5.36. The van der Waals surface area contributed by atoms with Crippen LogP contribution in [-0.4, -0.2) is 29.9 Å². The molecule has 0 amide bonds. The van der Waals surface area contributed by atoms with Crippen LogP contribution in [0, 0.1) is 0 Å². The molecule has 7 nitrogen and oxygen atoms in total. The maximum Gasteiger partial charge on any atom is 0.237 e. The van der Waals surface area contributed by atoms with Crippen LogP contribution in [0.2, 0.25) is 0 Å². The van der Waals surface area contributed by atoms with Crippen LogP contribution in [0.1, 0.15) is 5.89 Å². The summed E-state index contributed by atoms with van der Waals surface area (Å²) in [5, 5.41) is 13.4. The lowest BCUT2D eigenvalue weighted by Gasteiger charge is -2.06. The van der Waals surface area contributed by atoms with Crippen LogP contribution in [0.25, 0.3) is 22.8 Å². The van der Waals surface area contributed by atoms with Crippen molar-refractivity contribution in [2.45, 2.75) is 17.5 Å². The summed E-state index contributed by atoms with van der Waals surface area (Å²) in [6, 6.07) is 13.5. The van der Waals surface area contributed by atoms with Crippen LogP contribution in [0.4, 0.5) is 0 Å². The number of pyridine rings is 1. The third-order valence-electron chi connectivity index (χ3n) is 3.79. The van der Waals surface area contributed by atoms with Gasteiger partial charge in [0.2, 0.25) is 11.7 Å². The molecule has 4 aromatic rings. The number of rotatable bonds is 7. The Labute approximate surface area is 160 Å². The Morgan fingerprint density at radius 2 is 1.85 bits per heavy atom. The van der Waals surface area contributed by atoms with E-state index < -0.39 is 0 Å². The van der Waals surface area contributed by atoms with Crippen molar-refractivity contribution in [3.63, 3.8) is 0 Å². The fourth-order valence-corrected chi connectivity index (χ4v) is 3.33. The molecule has 0 aliphatic carbocycles. The highest BCUT2D eigenvalue weighted by molar-refractivity contribution is 7.98. The zero-order valence-corrected chi connectivity index (χ0v) is 15.2. The number of aromatic nitrogens is 6. The second-order valence-electron chi connectivity index (χ2n) is 5.61. The molecule has 0 aliphatic rings. The second-order valence-corrected chi connectivity index (χ2v) is 6.55. The summed E-state index contributed by atoms with van der Waals surface area (Å²) < 4.78 is 7.37. The molecule has 0 atom stereocenters. The molecule has 3 heterocycles. The van der Waals surface area contributed by atoms with Crippen molar-refractivity contribution < 1.29 is 4.52 Å². The zero-order chi connectivity index (χ0) is 18.5. The predicted octanol–water partition coefficient (Wildman–Crippen LogP) is 3.87. The van der Waals surface area contributed by atoms with E-state index in [0.717, 1.165) is 22.1 Å². The average Bonchev–Trinajstić information content (AvgIpc) is 3.35. The Hall–Kier alpha value is -3.26. The van der Waals surface area contributed by atoms with Crippen LogP contribution in [-0.2, 0) is 12.3 Å². The van der Waals surface area contributed by atoms with Gasteiger partial charge in [0.1, 0.15) is 0 Å². The Kier molecular flexibility index (Phi) is 5.06. The molecule has 0 fully saturated rings. The number of hydrogen-bond donors (Lipinski definition) is 0.